The summed E-state index contributed by atoms with van der Waals surface area (Å²) in [5.41, 5.74) is 3.47. The fraction of sp³-hybridized carbons (Fsp3) is 0.476. The lowest BCUT2D eigenvalue weighted by Crippen LogP contribution is -2.40. The smallest absolute Gasteiger partial charge is 0.332 e. The minimum atomic E-state index is -0.405. The van der Waals surface area contributed by atoms with Gasteiger partial charge in [-0.05, 0) is 49.4 Å². The zero-order valence-corrected chi connectivity index (χ0v) is 17.3. The lowest BCUT2D eigenvalue weighted by molar-refractivity contribution is 0.277. The molecule has 154 valence electrons. The molecule has 0 fully saturated rings. The van der Waals surface area contributed by atoms with Crippen molar-refractivity contribution in [3.8, 4) is 0 Å². The number of anilines is 2. The number of nitrogens with zero attached hydrogens (tertiary/aromatic N) is 5. The molecule has 8 heteroatoms. The van der Waals surface area contributed by atoms with E-state index in [-0.39, 0.29) is 18.7 Å². The molecule has 1 aliphatic rings. The van der Waals surface area contributed by atoms with E-state index < -0.39 is 5.69 Å². The summed E-state index contributed by atoms with van der Waals surface area (Å²) in [6, 6.07) is 6.37. The molecule has 0 radical (unpaired) electrons. The quantitative estimate of drug-likeness (QED) is 0.724. The van der Waals surface area contributed by atoms with Crippen LogP contribution in [0.4, 0.5) is 11.6 Å². The second-order valence-electron chi connectivity index (χ2n) is 8.13. The molecular formula is C21H27N5O3. The standard InChI is InChI=1S/C21H27N5O3/c1-13-8-14(2)10-16(9-13)25-11-15(3)12-26-17-18(22-20(25)26)23(4)21(29)24(19(17)28)6-5-7-27/h8-10,15,27H,5-7,11-12H2,1-4H3/t15-/m1/s1. The average Bonchev–Trinajstić information content (AvgIpc) is 3.04. The molecule has 0 unspecified atom stereocenters. The number of hydrogen-bond acceptors (Lipinski definition) is 5. The fourth-order valence-corrected chi connectivity index (χ4v) is 4.26. The molecule has 0 saturated carbocycles. The number of fused-ring (bicyclic) bond motifs is 3. The second-order valence-corrected chi connectivity index (χ2v) is 8.13. The molecule has 0 spiro atoms. The Labute approximate surface area is 168 Å². The molecule has 1 aliphatic heterocycles. The number of aliphatic hydroxyl groups is 1. The Morgan fingerprint density at radius 2 is 1.83 bits per heavy atom. The van der Waals surface area contributed by atoms with Crippen LogP contribution in [0, 0.1) is 19.8 Å². The number of aromatic nitrogens is 4. The van der Waals surface area contributed by atoms with Gasteiger partial charge < -0.3 is 14.6 Å². The molecule has 1 N–H and O–H groups in total. The molecular weight excluding hydrogens is 370 g/mol. The van der Waals surface area contributed by atoms with Gasteiger partial charge in [-0.2, -0.15) is 4.98 Å². The number of aryl methyl sites for hydroxylation is 3. The summed E-state index contributed by atoms with van der Waals surface area (Å²) in [4.78, 5) is 32.8. The van der Waals surface area contributed by atoms with Crippen LogP contribution in [-0.4, -0.2) is 36.9 Å². The third kappa shape index (κ3) is 3.17. The third-order valence-corrected chi connectivity index (χ3v) is 5.50. The summed E-state index contributed by atoms with van der Waals surface area (Å²) < 4.78 is 4.58. The Morgan fingerprint density at radius 1 is 1.14 bits per heavy atom. The summed E-state index contributed by atoms with van der Waals surface area (Å²) in [7, 11) is 1.64. The maximum atomic E-state index is 13.2. The first-order valence-electron chi connectivity index (χ1n) is 9.98. The molecule has 3 heterocycles. The number of benzene rings is 1. The van der Waals surface area contributed by atoms with Crippen LogP contribution in [0.3, 0.4) is 0 Å². The molecule has 0 bridgehead atoms. The molecule has 2 aromatic heterocycles. The first-order chi connectivity index (χ1) is 13.8. The van der Waals surface area contributed by atoms with Gasteiger partial charge >= 0.3 is 5.69 Å². The first-order valence-corrected chi connectivity index (χ1v) is 9.98. The van der Waals surface area contributed by atoms with Gasteiger partial charge in [0.25, 0.3) is 5.56 Å². The summed E-state index contributed by atoms with van der Waals surface area (Å²) in [5.74, 6) is 0.998. The Bertz CT molecular complexity index is 1180. The normalized spacial score (nSPS) is 16.4. The Morgan fingerprint density at radius 3 is 2.48 bits per heavy atom. The average molecular weight is 397 g/mol. The van der Waals surface area contributed by atoms with Crippen molar-refractivity contribution < 1.29 is 5.11 Å². The number of aliphatic hydroxyl groups excluding tert-OH is 1. The summed E-state index contributed by atoms with van der Waals surface area (Å²) in [6.07, 6.45) is 0.354. The second kappa shape index (κ2) is 7.18. The molecule has 0 saturated heterocycles. The molecule has 1 aromatic carbocycles. The monoisotopic (exact) mass is 397 g/mol. The van der Waals surface area contributed by atoms with Crippen molar-refractivity contribution in [2.24, 2.45) is 13.0 Å². The van der Waals surface area contributed by atoms with Gasteiger partial charge in [-0.15, -0.1) is 0 Å². The van der Waals surface area contributed by atoms with Gasteiger partial charge in [0, 0.05) is 39.0 Å². The van der Waals surface area contributed by atoms with Gasteiger partial charge in [0.05, 0.1) is 0 Å². The van der Waals surface area contributed by atoms with Gasteiger partial charge in [0.15, 0.2) is 11.2 Å². The lowest BCUT2D eigenvalue weighted by atomic mass is 10.1. The van der Waals surface area contributed by atoms with Crippen molar-refractivity contribution in [1.29, 1.82) is 0 Å². The number of rotatable bonds is 4. The largest absolute Gasteiger partial charge is 0.396 e. The van der Waals surface area contributed by atoms with Gasteiger partial charge in [-0.1, -0.05) is 13.0 Å². The van der Waals surface area contributed by atoms with Crippen LogP contribution in [0.5, 0.6) is 0 Å². The highest BCUT2D eigenvalue weighted by atomic mass is 16.3. The number of imidazole rings is 1. The van der Waals surface area contributed by atoms with Crippen LogP contribution < -0.4 is 16.1 Å². The first kappa shape index (κ1) is 19.4. The van der Waals surface area contributed by atoms with Crippen molar-refractivity contribution in [2.75, 3.05) is 18.1 Å². The third-order valence-electron chi connectivity index (χ3n) is 5.50. The van der Waals surface area contributed by atoms with E-state index in [0.29, 0.717) is 36.0 Å². The Hall–Kier alpha value is -2.87. The van der Waals surface area contributed by atoms with Crippen LogP contribution in [0.15, 0.2) is 27.8 Å². The van der Waals surface area contributed by atoms with Gasteiger partial charge in [-0.25, -0.2) is 4.79 Å². The SMILES string of the molecule is Cc1cc(C)cc(N2C[C@@H](C)Cn3c2nc2c3c(=O)n(CCCO)c(=O)n2C)c1. The zero-order valence-electron chi connectivity index (χ0n) is 17.3. The van der Waals surface area contributed by atoms with Crippen molar-refractivity contribution in [1.82, 2.24) is 18.7 Å². The van der Waals surface area contributed by atoms with Crippen molar-refractivity contribution >= 4 is 22.8 Å². The van der Waals surface area contributed by atoms with Crippen LogP contribution in [0.1, 0.15) is 24.5 Å². The predicted octanol–water partition coefficient (Wildman–Crippen LogP) is 1.68. The Balaban J connectivity index is 1.98. The van der Waals surface area contributed by atoms with E-state index in [1.54, 1.807) is 7.05 Å². The zero-order chi connectivity index (χ0) is 20.9. The molecule has 29 heavy (non-hydrogen) atoms. The predicted molar refractivity (Wildman–Crippen MR) is 113 cm³/mol. The molecule has 8 nitrogen and oxygen atoms in total. The topological polar surface area (TPSA) is 85.3 Å². The van der Waals surface area contributed by atoms with Gasteiger partial charge in [0.2, 0.25) is 5.95 Å². The maximum absolute atomic E-state index is 13.2. The van der Waals surface area contributed by atoms with Gasteiger partial charge in [0.1, 0.15) is 0 Å². The van der Waals surface area contributed by atoms with E-state index in [0.717, 1.165) is 12.2 Å². The minimum absolute atomic E-state index is 0.0737. The minimum Gasteiger partial charge on any atom is -0.396 e. The molecule has 0 aliphatic carbocycles. The Kier molecular flexibility index (Phi) is 4.82. The van der Waals surface area contributed by atoms with E-state index in [1.807, 2.05) is 4.57 Å². The van der Waals surface area contributed by atoms with E-state index in [2.05, 4.69) is 43.9 Å². The van der Waals surface area contributed by atoms with Gasteiger partial charge in [-0.3, -0.25) is 13.9 Å². The fourth-order valence-electron chi connectivity index (χ4n) is 4.26. The summed E-state index contributed by atoms with van der Waals surface area (Å²) in [5, 5.41) is 9.14. The number of hydrogen-bond donors (Lipinski definition) is 1. The molecule has 0 amide bonds. The van der Waals surface area contributed by atoms with Crippen LogP contribution in [0.25, 0.3) is 11.2 Å². The summed E-state index contributed by atoms with van der Waals surface area (Å²) >= 11 is 0. The molecule has 3 aromatic rings. The maximum Gasteiger partial charge on any atom is 0.332 e. The van der Waals surface area contributed by atoms with E-state index in [4.69, 9.17) is 10.1 Å². The van der Waals surface area contributed by atoms with Crippen molar-refractivity contribution in [3.63, 3.8) is 0 Å². The molecule has 1 atom stereocenters. The lowest BCUT2D eigenvalue weighted by Gasteiger charge is -2.33. The van der Waals surface area contributed by atoms with Crippen LogP contribution in [-0.2, 0) is 20.1 Å². The van der Waals surface area contributed by atoms with Crippen molar-refractivity contribution in [3.05, 3.63) is 50.2 Å². The van der Waals surface area contributed by atoms with E-state index in [9.17, 15) is 9.59 Å². The van der Waals surface area contributed by atoms with Crippen molar-refractivity contribution in [2.45, 2.75) is 40.3 Å². The van der Waals surface area contributed by atoms with E-state index in [1.165, 1.54) is 20.3 Å². The highest BCUT2D eigenvalue weighted by Gasteiger charge is 2.29. The van der Waals surface area contributed by atoms with E-state index >= 15 is 0 Å². The van der Waals surface area contributed by atoms with Crippen LogP contribution in [0.2, 0.25) is 0 Å². The summed E-state index contributed by atoms with van der Waals surface area (Å²) in [6.45, 7) is 7.85. The highest BCUT2D eigenvalue weighted by Crippen LogP contribution is 2.33. The highest BCUT2D eigenvalue weighted by molar-refractivity contribution is 5.77. The molecule has 4 rings (SSSR count). The van der Waals surface area contributed by atoms with Crippen LogP contribution >= 0.6 is 0 Å².